The summed E-state index contributed by atoms with van der Waals surface area (Å²) in [6.07, 6.45) is 5.41. The third-order valence-electron chi connectivity index (χ3n) is 7.35. The van der Waals surface area contributed by atoms with E-state index >= 15 is 0 Å². The Hall–Kier alpha value is -1.43. The van der Waals surface area contributed by atoms with Crippen molar-refractivity contribution in [2.75, 3.05) is 39.9 Å². The Morgan fingerprint density at radius 2 is 2.00 bits per heavy atom. The van der Waals surface area contributed by atoms with Crippen LogP contribution >= 0.6 is 0 Å². The molecule has 1 heterocycles. The monoisotopic (exact) mass is 386 g/mol. The highest BCUT2D eigenvalue weighted by Gasteiger charge is 2.43. The van der Waals surface area contributed by atoms with Crippen molar-refractivity contribution in [3.8, 4) is 0 Å². The quantitative estimate of drug-likeness (QED) is 0.683. The maximum Gasteiger partial charge on any atom is 0.306 e. The van der Waals surface area contributed by atoms with Crippen molar-refractivity contribution in [2.24, 2.45) is 17.3 Å². The molecule has 2 unspecified atom stereocenters. The van der Waals surface area contributed by atoms with Crippen LogP contribution in [0.25, 0.3) is 0 Å². The normalized spacial score (nSPS) is 31.9. The molecule has 0 radical (unpaired) electrons. The van der Waals surface area contributed by atoms with Gasteiger partial charge in [-0.3, -0.25) is 4.79 Å². The van der Waals surface area contributed by atoms with Crippen LogP contribution < -0.4 is 5.32 Å². The van der Waals surface area contributed by atoms with E-state index in [1.807, 2.05) is 7.11 Å². The lowest BCUT2D eigenvalue weighted by atomic mass is 9.72. The zero-order valence-corrected chi connectivity index (χ0v) is 17.0. The van der Waals surface area contributed by atoms with Crippen LogP contribution in [0.15, 0.2) is 30.3 Å². The average Bonchev–Trinajstić information content (AvgIpc) is 3.45. The molecule has 1 aromatic carbocycles. The van der Waals surface area contributed by atoms with Crippen LogP contribution in [0, 0.1) is 17.3 Å². The first-order valence-corrected chi connectivity index (χ1v) is 10.8. The molecule has 154 valence electrons. The molecular formula is C23H34N2O3. The molecule has 2 aliphatic carbocycles. The van der Waals surface area contributed by atoms with Gasteiger partial charge in [-0.25, -0.2) is 0 Å². The lowest BCUT2D eigenvalue weighted by Gasteiger charge is -2.44. The second-order valence-corrected chi connectivity index (χ2v) is 9.26. The van der Waals surface area contributed by atoms with Crippen LogP contribution in [-0.2, 0) is 9.53 Å². The summed E-state index contributed by atoms with van der Waals surface area (Å²) in [5.41, 5.74) is 1.66. The number of likely N-dealkylation sites (tertiary alicyclic amines) is 1. The highest BCUT2D eigenvalue weighted by Crippen LogP contribution is 2.42. The van der Waals surface area contributed by atoms with Crippen molar-refractivity contribution in [3.05, 3.63) is 35.9 Å². The Labute approximate surface area is 168 Å². The van der Waals surface area contributed by atoms with Crippen molar-refractivity contribution in [3.63, 3.8) is 0 Å². The van der Waals surface area contributed by atoms with E-state index in [9.17, 15) is 9.90 Å². The van der Waals surface area contributed by atoms with Gasteiger partial charge >= 0.3 is 5.97 Å². The predicted molar refractivity (Wildman–Crippen MR) is 109 cm³/mol. The number of methoxy groups -OCH3 is 1. The Morgan fingerprint density at radius 1 is 1.25 bits per heavy atom. The summed E-state index contributed by atoms with van der Waals surface area (Å²) in [4.78, 5) is 13.7. The largest absolute Gasteiger partial charge is 0.481 e. The molecule has 1 saturated heterocycles. The Bertz CT molecular complexity index is 657. The van der Waals surface area contributed by atoms with Gasteiger partial charge in [-0.1, -0.05) is 30.3 Å². The summed E-state index contributed by atoms with van der Waals surface area (Å²) in [7, 11) is 1.81. The van der Waals surface area contributed by atoms with Gasteiger partial charge in [0, 0.05) is 37.6 Å². The van der Waals surface area contributed by atoms with Crippen molar-refractivity contribution in [1.82, 2.24) is 10.2 Å². The Kier molecular flexibility index (Phi) is 6.04. The van der Waals surface area contributed by atoms with Crippen LogP contribution in [0.3, 0.4) is 0 Å². The van der Waals surface area contributed by atoms with E-state index < -0.39 is 5.97 Å². The molecule has 4 atom stereocenters. The first kappa shape index (κ1) is 19.9. The van der Waals surface area contributed by atoms with Crippen LogP contribution in [0.2, 0.25) is 0 Å². The standard InChI is InChI=1S/C23H34N2O3/c1-28-16-23(15-24-21-13-20(21)17-5-3-2-4-6-17)9-11-25(12-10-23)14-18-7-8-19(18)22(26)27/h2-6,18-21,24H,7-16H2,1H3,(H,26,27)/t18?,19?,20-,21+/m0/s1. The summed E-state index contributed by atoms with van der Waals surface area (Å²) in [5.74, 6) is 0.289. The molecule has 0 aromatic heterocycles. The number of nitrogens with one attached hydrogen (secondary N) is 1. The SMILES string of the molecule is COCC1(CN[C@@H]2C[C@H]2c2ccccc2)CCN(CC2CCC2C(=O)O)CC1. The molecule has 0 amide bonds. The van der Waals surface area contributed by atoms with Crippen molar-refractivity contribution in [1.29, 1.82) is 0 Å². The predicted octanol–water partition coefficient (Wildman–Crippen LogP) is 2.97. The van der Waals surface area contributed by atoms with Crippen molar-refractivity contribution >= 4 is 5.97 Å². The number of ether oxygens (including phenoxy) is 1. The lowest BCUT2D eigenvalue weighted by Crippen LogP contribution is -2.50. The molecule has 2 saturated carbocycles. The highest BCUT2D eigenvalue weighted by molar-refractivity contribution is 5.71. The van der Waals surface area contributed by atoms with E-state index in [1.165, 1.54) is 12.0 Å². The van der Waals surface area contributed by atoms with Gasteiger partial charge in [0.15, 0.2) is 0 Å². The molecule has 28 heavy (non-hydrogen) atoms. The number of rotatable bonds is 9. The maximum absolute atomic E-state index is 11.3. The van der Waals surface area contributed by atoms with Crippen LogP contribution in [0.4, 0.5) is 0 Å². The molecular weight excluding hydrogens is 352 g/mol. The van der Waals surface area contributed by atoms with E-state index in [4.69, 9.17) is 4.74 Å². The number of hydrogen-bond acceptors (Lipinski definition) is 4. The first-order chi connectivity index (χ1) is 13.6. The first-order valence-electron chi connectivity index (χ1n) is 10.8. The summed E-state index contributed by atoms with van der Waals surface area (Å²) in [6, 6.07) is 11.4. The second kappa shape index (κ2) is 8.52. The fraction of sp³-hybridized carbons (Fsp3) is 0.696. The molecule has 5 nitrogen and oxygen atoms in total. The molecule has 1 aliphatic heterocycles. The van der Waals surface area contributed by atoms with Crippen LogP contribution in [0.5, 0.6) is 0 Å². The molecule has 3 fully saturated rings. The molecule has 1 aromatic rings. The number of carbonyl (C=O) groups is 1. The molecule has 4 rings (SSSR count). The van der Waals surface area contributed by atoms with Crippen LogP contribution in [-0.4, -0.2) is 61.9 Å². The lowest BCUT2D eigenvalue weighted by molar-refractivity contribution is -0.148. The minimum absolute atomic E-state index is 0.114. The fourth-order valence-corrected chi connectivity index (χ4v) is 5.17. The van der Waals surface area contributed by atoms with Gasteiger partial charge in [0.1, 0.15) is 0 Å². The highest BCUT2D eigenvalue weighted by atomic mass is 16.5. The van der Waals surface area contributed by atoms with E-state index in [0.717, 1.165) is 58.5 Å². The maximum atomic E-state index is 11.3. The summed E-state index contributed by atoms with van der Waals surface area (Å²) >= 11 is 0. The minimum Gasteiger partial charge on any atom is -0.481 e. The number of benzene rings is 1. The Balaban J connectivity index is 1.25. The van der Waals surface area contributed by atoms with E-state index in [1.54, 1.807) is 0 Å². The van der Waals surface area contributed by atoms with Gasteiger partial charge < -0.3 is 20.1 Å². The summed E-state index contributed by atoms with van der Waals surface area (Å²) in [6.45, 7) is 4.88. The minimum atomic E-state index is -0.608. The number of carboxylic acid groups (broad SMARTS) is 1. The van der Waals surface area contributed by atoms with Crippen LogP contribution in [0.1, 0.15) is 43.6 Å². The fourth-order valence-electron chi connectivity index (χ4n) is 5.17. The number of carboxylic acids is 1. The average molecular weight is 387 g/mol. The third-order valence-corrected chi connectivity index (χ3v) is 7.35. The Morgan fingerprint density at radius 3 is 2.61 bits per heavy atom. The smallest absolute Gasteiger partial charge is 0.306 e. The third kappa shape index (κ3) is 4.42. The zero-order chi connectivity index (χ0) is 19.6. The zero-order valence-electron chi connectivity index (χ0n) is 17.0. The topological polar surface area (TPSA) is 61.8 Å². The van der Waals surface area contributed by atoms with Crippen molar-refractivity contribution < 1.29 is 14.6 Å². The molecule has 3 aliphatic rings. The molecule has 0 spiro atoms. The number of nitrogens with zero attached hydrogens (tertiary/aromatic N) is 1. The van der Waals surface area contributed by atoms with E-state index in [-0.39, 0.29) is 11.3 Å². The van der Waals surface area contributed by atoms with Gasteiger partial charge in [0.25, 0.3) is 0 Å². The van der Waals surface area contributed by atoms with E-state index in [0.29, 0.717) is 17.9 Å². The summed E-state index contributed by atoms with van der Waals surface area (Å²) < 4.78 is 5.61. The van der Waals surface area contributed by atoms with Gasteiger partial charge in [-0.05, 0) is 56.7 Å². The van der Waals surface area contributed by atoms with Crippen molar-refractivity contribution in [2.45, 2.75) is 44.1 Å². The van der Waals surface area contributed by atoms with Gasteiger partial charge in [-0.2, -0.15) is 0 Å². The van der Waals surface area contributed by atoms with Gasteiger partial charge in [0.05, 0.1) is 12.5 Å². The molecule has 5 heteroatoms. The number of hydrogen-bond donors (Lipinski definition) is 2. The second-order valence-electron chi connectivity index (χ2n) is 9.26. The molecule has 2 N–H and O–H groups in total. The number of aliphatic carboxylic acids is 1. The molecule has 0 bridgehead atoms. The van der Waals surface area contributed by atoms with E-state index in [2.05, 4.69) is 40.5 Å². The van der Waals surface area contributed by atoms with Gasteiger partial charge in [-0.15, -0.1) is 0 Å². The van der Waals surface area contributed by atoms with Gasteiger partial charge in [0.2, 0.25) is 0 Å². The number of piperidine rings is 1. The summed E-state index contributed by atoms with van der Waals surface area (Å²) in [5, 5.41) is 13.1.